The van der Waals surface area contributed by atoms with E-state index in [1.807, 2.05) is 5.51 Å². The van der Waals surface area contributed by atoms with Crippen LogP contribution in [-0.2, 0) is 13.0 Å². The number of aryl methyl sites for hydroxylation is 1. The third kappa shape index (κ3) is 3.40. The Hall–Kier alpha value is -1.19. The molecule has 1 unspecified atom stereocenters. The van der Waals surface area contributed by atoms with Crippen LogP contribution in [0.25, 0.3) is 0 Å². The second-order valence-corrected chi connectivity index (χ2v) is 5.14. The number of nitrogens with one attached hydrogen (secondary N) is 1. The quantitative estimate of drug-likeness (QED) is 0.850. The molecule has 0 aliphatic rings. The van der Waals surface area contributed by atoms with Gasteiger partial charge >= 0.3 is 0 Å². The average molecular weight is 260 g/mol. The van der Waals surface area contributed by atoms with Crippen LogP contribution in [-0.4, -0.2) is 4.98 Å². The van der Waals surface area contributed by atoms with E-state index < -0.39 is 0 Å². The molecule has 0 spiro atoms. The minimum atomic E-state index is 0.414. The molecule has 0 bridgehead atoms. The summed E-state index contributed by atoms with van der Waals surface area (Å²) in [5.74, 6) is 0. The summed E-state index contributed by atoms with van der Waals surface area (Å²) in [6, 6.07) is 9.34. The van der Waals surface area contributed by atoms with Crippen molar-refractivity contribution >= 4 is 11.3 Å². The Balaban J connectivity index is 1.98. The zero-order valence-corrected chi connectivity index (χ0v) is 11.8. The second-order valence-electron chi connectivity index (χ2n) is 4.42. The van der Waals surface area contributed by atoms with Gasteiger partial charge in [-0.25, -0.2) is 4.98 Å². The lowest BCUT2D eigenvalue weighted by Crippen LogP contribution is -2.20. The molecule has 18 heavy (non-hydrogen) atoms. The smallest absolute Gasteiger partial charge is 0.0795 e. The molecular weight excluding hydrogens is 240 g/mol. The van der Waals surface area contributed by atoms with Gasteiger partial charge in [0.25, 0.3) is 0 Å². The molecule has 2 aromatic rings. The maximum absolute atomic E-state index is 4.30. The van der Waals surface area contributed by atoms with Crippen LogP contribution >= 0.6 is 11.3 Å². The average Bonchev–Trinajstić information content (AvgIpc) is 2.93. The van der Waals surface area contributed by atoms with E-state index in [2.05, 4.69) is 53.8 Å². The maximum atomic E-state index is 4.30. The molecule has 1 aromatic heterocycles. The predicted octanol–water partition coefficient (Wildman–Crippen LogP) is 3.95. The van der Waals surface area contributed by atoms with E-state index in [4.69, 9.17) is 0 Å². The molecule has 1 heterocycles. The lowest BCUT2D eigenvalue weighted by Gasteiger charge is -2.17. The molecular formula is C15H20N2S. The van der Waals surface area contributed by atoms with Crippen LogP contribution in [0, 0.1) is 0 Å². The topological polar surface area (TPSA) is 24.9 Å². The highest BCUT2D eigenvalue weighted by molar-refractivity contribution is 7.07. The van der Waals surface area contributed by atoms with Gasteiger partial charge in [0.2, 0.25) is 0 Å². The minimum absolute atomic E-state index is 0.414. The lowest BCUT2D eigenvalue weighted by molar-refractivity contribution is 0.515. The van der Waals surface area contributed by atoms with Crippen molar-refractivity contribution in [1.29, 1.82) is 0 Å². The number of hydrogen-bond acceptors (Lipinski definition) is 3. The first-order chi connectivity index (χ1) is 8.83. The Kier molecular flexibility index (Phi) is 4.90. The Labute approximate surface area is 113 Å². The van der Waals surface area contributed by atoms with Crippen LogP contribution in [0.15, 0.2) is 35.2 Å². The number of thiazole rings is 1. The van der Waals surface area contributed by atoms with Crippen LogP contribution in [0.4, 0.5) is 0 Å². The molecule has 2 nitrogen and oxygen atoms in total. The van der Waals surface area contributed by atoms with Gasteiger partial charge in [-0.05, 0) is 24.0 Å². The summed E-state index contributed by atoms with van der Waals surface area (Å²) in [6.07, 6.45) is 2.19. The molecule has 3 heteroatoms. The van der Waals surface area contributed by atoms with Crippen LogP contribution in [0.3, 0.4) is 0 Å². The molecule has 0 amide bonds. The van der Waals surface area contributed by atoms with Gasteiger partial charge in [0, 0.05) is 18.0 Å². The first-order valence-corrected chi connectivity index (χ1v) is 7.47. The van der Waals surface area contributed by atoms with E-state index in [0.29, 0.717) is 6.04 Å². The minimum Gasteiger partial charge on any atom is -0.304 e. The van der Waals surface area contributed by atoms with Crippen molar-refractivity contribution in [3.8, 4) is 0 Å². The van der Waals surface area contributed by atoms with Crippen molar-refractivity contribution in [3.63, 3.8) is 0 Å². The first-order valence-electron chi connectivity index (χ1n) is 6.52. The summed E-state index contributed by atoms with van der Waals surface area (Å²) < 4.78 is 0. The molecule has 1 atom stereocenters. The highest BCUT2D eigenvalue weighted by atomic mass is 32.1. The summed E-state index contributed by atoms with van der Waals surface area (Å²) in [5.41, 5.74) is 5.77. The van der Waals surface area contributed by atoms with Gasteiger partial charge in [-0.2, -0.15) is 0 Å². The van der Waals surface area contributed by atoms with Crippen molar-refractivity contribution in [2.24, 2.45) is 0 Å². The van der Waals surface area contributed by atoms with Crippen molar-refractivity contribution in [1.82, 2.24) is 10.3 Å². The second kappa shape index (κ2) is 6.66. The summed E-state index contributed by atoms with van der Waals surface area (Å²) >= 11 is 1.65. The monoisotopic (exact) mass is 260 g/mol. The van der Waals surface area contributed by atoms with Gasteiger partial charge in [0.05, 0.1) is 11.2 Å². The Morgan fingerprint density at radius 2 is 2.00 bits per heavy atom. The number of hydrogen-bond donors (Lipinski definition) is 1. The van der Waals surface area contributed by atoms with Crippen LogP contribution in [0.2, 0.25) is 0 Å². The van der Waals surface area contributed by atoms with Crippen LogP contribution < -0.4 is 5.32 Å². The first kappa shape index (κ1) is 13.2. The van der Waals surface area contributed by atoms with Crippen LogP contribution in [0.5, 0.6) is 0 Å². The molecule has 96 valence electrons. The van der Waals surface area contributed by atoms with E-state index in [-0.39, 0.29) is 0 Å². The van der Waals surface area contributed by atoms with Crippen molar-refractivity contribution < 1.29 is 0 Å². The maximum Gasteiger partial charge on any atom is 0.0795 e. The molecule has 1 N–H and O–H groups in total. The fourth-order valence-corrected chi connectivity index (χ4v) is 2.59. The van der Waals surface area contributed by atoms with Gasteiger partial charge in [0.15, 0.2) is 0 Å². The largest absolute Gasteiger partial charge is 0.304 e. The zero-order valence-electron chi connectivity index (χ0n) is 11.0. The predicted molar refractivity (Wildman–Crippen MR) is 77.8 cm³/mol. The normalized spacial score (nSPS) is 12.6. The van der Waals surface area contributed by atoms with E-state index in [1.54, 1.807) is 11.3 Å². The van der Waals surface area contributed by atoms with Crippen molar-refractivity contribution in [3.05, 3.63) is 52.0 Å². The highest BCUT2D eigenvalue weighted by Gasteiger charge is 2.08. The van der Waals surface area contributed by atoms with Gasteiger partial charge in [0.1, 0.15) is 0 Å². The summed E-state index contributed by atoms with van der Waals surface area (Å²) in [6.45, 7) is 5.25. The molecule has 0 fully saturated rings. The molecule has 2 rings (SSSR count). The molecule has 0 saturated carbocycles. The standard InChI is InChI=1S/C15H20N2S/c1-3-12-5-7-13(8-6-12)15(4-2)16-9-14-10-18-11-17-14/h5-8,10-11,15-16H,3-4,9H2,1-2H3. The zero-order chi connectivity index (χ0) is 12.8. The van der Waals surface area contributed by atoms with Crippen LogP contribution in [0.1, 0.15) is 43.1 Å². The fraction of sp³-hybridized carbons (Fsp3) is 0.400. The number of rotatable bonds is 6. The highest BCUT2D eigenvalue weighted by Crippen LogP contribution is 2.18. The van der Waals surface area contributed by atoms with E-state index in [9.17, 15) is 0 Å². The van der Waals surface area contributed by atoms with Gasteiger partial charge in [-0.3, -0.25) is 0 Å². The lowest BCUT2D eigenvalue weighted by atomic mass is 10.0. The number of benzene rings is 1. The van der Waals surface area contributed by atoms with E-state index >= 15 is 0 Å². The third-order valence-corrected chi connectivity index (χ3v) is 3.85. The third-order valence-electron chi connectivity index (χ3n) is 3.21. The molecule has 1 aromatic carbocycles. The van der Waals surface area contributed by atoms with E-state index in [1.165, 1.54) is 11.1 Å². The number of aromatic nitrogens is 1. The summed E-state index contributed by atoms with van der Waals surface area (Å²) in [7, 11) is 0. The van der Waals surface area contributed by atoms with Crippen molar-refractivity contribution in [2.45, 2.75) is 39.3 Å². The van der Waals surface area contributed by atoms with Crippen molar-refractivity contribution in [2.75, 3.05) is 0 Å². The molecule has 0 aliphatic heterocycles. The number of nitrogens with zero attached hydrogens (tertiary/aromatic N) is 1. The SMILES string of the molecule is CCc1ccc(C(CC)NCc2cscn2)cc1. The molecule has 0 saturated heterocycles. The fourth-order valence-electron chi connectivity index (χ4n) is 2.04. The summed E-state index contributed by atoms with van der Waals surface area (Å²) in [4.78, 5) is 4.30. The summed E-state index contributed by atoms with van der Waals surface area (Å²) in [5, 5.41) is 5.67. The molecule has 0 aliphatic carbocycles. The van der Waals surface area contributed by atoms with Gasteiger partial charge in [-0.1, -0.05) is 38.1 Å². The Morgan fingerprint density at radius 3 is 2.56 bits per heavy atom. The Morgan fingerprint density at radius 1 is 1.22 bits per heavy atom. The Bertz CT molecular complexity index is 448. The van der Waals surface area contributed by atoms with Gasteiger partial charge in [-0.15, -0.1) is 11.3 Å². The van der Waals surface area contributed by atoms with E-state index in [0.717, 1.165) is 25.1 Å². The molecule has 0 radical (unpaired) electrons. The van der Waals surface area contributed by atoms with Gasteiger partial charge < -0.3 is 5.32 Å².